The summed E-state index contributed by atoms with van der Waals surface area (Å²) >= 11 is 12.7. The lowest BCUT2D eigenvalue weighted by Crippen LogP contribution is -2.42. The van der Waals surface area contributed by atoms with Crippen molar-refractivity contribution < 1.29 is 19.1 Å². The number of rotatable bonds is 5. The largest absolute Gasteiger partial charge is 0.484 e. The van der Waals surface area contributed by atoms with Crippen LogP contribution in [0.2, 0.25) is 5.02 Å². The first-order valence-electron chi connectivity index (χ1n) is 9.63. The molecule has 0 aliphatic carbocycles. The van der Waals surface area contributed by atoms with E-state index in [9.17, 15) is 9.59 Å². The molecule has 2 amide bonds. The molecule has 2 saturated heterocycles. The van der Waals surface area contributed by atoms with Crippen LogP contribution in [0.3, 0.4) is 0 Å². The standard InChI is InChI=1S/C22H19ClN2O4S2/c23-16-2-1-3-17(13-16)25-21(27)19(31-22(25)30)12-15-4-6-18(7-5-15)29-14-20(26)24-8-10-28-11-9-24/h1-7,12-13H,8-11,14H2/b19-12-. The molecule has 2 fully saturated rings. The molecule has 0 aromatic heterocycles. The van der Waals surface area contributed by atoms with Crippen LogP contribution in [0, 0.1) is 0 Å². The smallest absolute Gasteiger partial charge is 0.270 e. The Morgan fingerprint density at radius 2 is 1.94 bits per heavy atom. The van der Waals surface area contributed by atoms with Gasteiger partial charge >= 0.3 is 0 Å². The van der Waals surface area contributed by atoms with E-state index >= 15 is 0 Å². The molecule has 160 valence electrons. The van der Waals surface area contributed by atoms with E-state index < -0.39 is 0 Å². The highest BCUT2D eigenvalue weighted by molar-refractivity contribution is 8.27. The Kier molecular flexibility index (Phi) is 6.92. The predicted octanol–water partition coefficient (Wildman–Crippen LogP) is 3.98. The molecule has 0 spiro atoms. The lowest BCUT2D eigenvalue weighted by molar-refractivity contribution is -0.137. The second kappa shape index (κ2) is 9.82. The Bertz CT molecular complexity index is 1040. The summed E-state index contributed by atoms with van der Waals surface area (Å²) in [6, 6.07) is 14.2. The van der Waals surface area contributed by atoms with Gasteiger partial charge in [-0.05, 0) is 42.0 Å². The van der Waals surface area contributed by atoms with Gasteiger partial charge in [0.15, 0.2) is 10.9 Å². The first-order chi connectivity index (χ1) is 15.0. The zero-order valence-electron chi connectivity index (χ0n) is 16.5. The molecule has 4 rings (SSSR count). The molecular formula is C22H19ClN2O4S2. The summed E-state index contributed by atoms with van der Waals surface area (Å²) in [5.41, 5.74) is 1.48. The van der Waals surface area contributed by atoms with E-state index in [4.69, 9.17) is 33.3 Å². The third-order valence-electron chi connectivity index (χ3n) is 4.76. The molecule has 0 saturated carbocycles. The Hall–Kier alpha value is -2.39. The van der Waals surface area contributed by atoms with Crippen LogP contribution in [-0.4, -0.2) is 53.9 Å². The van der Waals surface area contributed by atoms with Crippen LogP contribution < -0.4 is 9.64 Å². The predicted molar refractivity (Wildman–Crippen MR) is 126 cm³/mol. The van der Waals surface area contributed by atoms with Crippen molar-refractivity contribution in [3.63, 3.8) is 0 Å². The number of carbonyl (C=O) groups is 2. The van der Waals surface area contributed by atoms with Gasteiger partial charge in [-0.2, -0.15) is 0 Å². The normalized spacial score (nSPS) is 18.0. The van der Waals surface area contributed by atoms with Crippen molar-refractivity contribution >= 4 is 63.5 Å². The van der Waals surface area contributed by atoms with Crippen LogP contribution in [-0.2, 0) is 14.3 Å². The Morgan fingerprint density at radius 3 is 2.65 bits per heavy atom. The van der Waals surface area contributed by atoms with Gasteiger partial charge in [0.1, 0.15) is 5.75 Å². The number of hydrogen-bond acceptors (Lipinski definition) is 6. The summed E-state index contributed by atoms with van der Waals surface area (Å²) in [6.45, 7) is 2.29. The van der Waals surface area contributed by atoms with Crippen molar-refractivity contribution in [3.05, 3.63) is 64.0 Å². The van der Waals surface area contributed by atoms with Crippen LogP contribution in [0.15, 0.2) is 53.4 Å². The maximum absolute atomic E-state index is 12.9. The number of amides is 2. The maximum atomic E-state index is 12.9. The summed E-state index contributed by atoms with van der Waals surface area (Å²) in [4.78, 5) is 28.8. The Balaban J connectivity index is 1.39. The summed E-state index contributed by atoms with van der Waals surface area (Å²) in [7, 11) is 0. The van der Waals surface area contributed by atoms with Gasteiger partial charge in [0.05, 0.1) is 23.8 Å². The second-order valence-electron chi connectivity index (χ2n) is 6.85. The number of anilines is 1. The number of ether oxygens (including phenoxy) is 2. The molecule has 9 heteroatoms. The second-order valence-corrected chi connectivity index (χ2v) is 8.96. The molecule has 0 atom stereocenters. The molecule has 6 nitrogen and oxygen atoms in total. The van der Waals surface area contributed by atoms with Gasteiger partial charge in [-0.1, -0.05) is 53.8 Å². The number of hydrogen-bond donors (Lipinski definition) is 0. The maximum Gasteiger partial charge on any atom is 0.270 e. The van der Waals surface area contributed by atoms with Crippen LogP contribution in [0.4, 0.5) is 5.69 Å². The summed E-state index contributed by atoms with van der Waals surface area (Å²) in [6.07, 6.45) is 1.78. The highest BCUT2D eigenvalue weighted by Gasteiger charge is 2.33. The number of carbonyl (C=O) groups excluding carboxylic acids is 2. The van der Waals surface area contributed by atoms with Crippen molar-refractivity contribution in [2.75, 3.05) is 37.8 Å². The van der Waals surface area contributed by atoms with Gasteiger partial charge in [0.2, 0.25) is 0 Å². The molecule has 2 heterocycles. The Morgan fingerprint density at radius 1 is 1.19 bits per heavy atom. The number of thioether (sulfide) groups is 1. The zero-order chi connectivity index (χ0) is 21.8. The minimum atomic E-state index is -0.186. The lowest BCUT2D eigenvalue weighted by Gasteiger charge is -2.26. The molecule has 0 N–H and O–H groups in total. The average Bonchev–Trinajstić information content (AvgIpc) is 3.06. The molecule has 2 aromatic carbocycles. The van der Waals surface area contributed by atoms with E-state index in [0.29, 0.717) is 52.0 Å². The first kappa shape index (κ1) is 21.8. The molecule has 2 aliphatic heterocycles. The third-order valence-corrected chi connectivity index (χ3v) is 6.30. The van der Waals surface area contributed by atoms with Crippen molar-refractivity contribution in [2.45, 2.75) is 0 Å². The summed E-state index contributed by atoms with van der Waals surface area (Å²) in [5.74, 6) is 0.344. The van der Waals surface area contributed by atoms with Gasteiger partial charge < -0.3 is 14.4 Å². The van der Waals surface area contributed by atoms with Crippen molar-refractivity contribution in [3.8, 4) is 5.75 Å². The fraction of sp³-hybridized carbons (Fsp3) is 0.227. The van der Waals surface area contributed by atoms with Crippen LogP contribution >= 0.6 is 35.6 Å². The van der Waals surface area contributed by atoms with E-state index in [1.54, 1.807) is 47.4 Å². The molecule has 31 heavy (non-hydrogen) atoms. The van der Waals surface area contributed by atoms with Crippen LogP contribution in [0.25, 0.3) is 6.08 Å². The number of nitrogens with zero attached hydrogens (tertiary/aromatic N) is 2. The van der Waals surface area contributed by atoms with Gasteiger partial charge in [-0.25, -0.2) is 0 Å². The Labute approximate surface area is 194 Å². The topological polar surface area (TPSA) is 59.1 Å². The minimum Gasteiger partial charge on any atom is -0.484 e. The van der Waals surface area contributed by atoms with E-state index in [0.717, 1.165) is 5.56 Å². The average molecular weight is 475 g/mol. The van der Waals surface area contributed by atoms with Gasteiger partial charge in [-0.15, -0.1) is 0 Å². The van der Waals surface area contributed by atoms with E-state index in [1.807, 2.05) is 12.1 Å². The molecule has 2 aliphatic rings. The summed E-state index contributed by atoms with van der Waals surface area (Å²) in [5, 5.41) is 0.540. The summed E-state index contributed by atoms with van der Waals surface area (Å²) < 4.78 is 11.3. The van der Waals surface area contributed by atoms with Crippen LogP contribution in [0.5, 0.6) is 5.75 Å². The van der Waals surface area contributed by atoms with Crippen molar-refractivity contribution in [1.29, 1.82) is 0 Å². The molecule has 2 aromatic rings. The van der Waals surface area contributed by atoms with Crippen LogP contribution in [0.1, 0.15) is 5.56 Å². The molecule has 0 bridgehead atoms. The minimum absolute atomic E-state index is 0.0162. The van der Waals surface area contributed by atoms with E-state index in [1.165, 1.54) is 16.7 Å². The molecule has 0 unspecified atom stereocenters. The van der Waals surface area contributed by atoms with Crippen molar-refractivity contribution in [2.24, 2.45) is 0 Å². The first-order valence-corrected chi connectivity index (χ1v) is 11.2. The SMILES string of the molecule is O=C(COc1ccc(/C=C2\SC(=S)N(c3cccc(Cl)c3)C2=O)cc1)N1CCOCC1. The van der Waals surface area contributed by atoms with Crippen molar-refractivity contribution in [1.82, 2.24) is 4.90 Å². The number of thiocarbonyl (C=S) groups is 1. The lowest BCUT2D eigenvalue weighted by atomic mass is 10.2. The third kappa shape index (κ3) is 5.27. The fourth-order valence-electron chi connectivity index (χ4n) is 3.17. The number of halogens is 1. The molecular weight excluding hydrogens is 456 g/mol. The highest BCUT2D eigenvalue weighted by atomic mass is 35.5. The molecule has 0 radical (unpaired) electrons. The van der Waals surface area contributed by atoms with E-state index in [2.05, 4.69) is 0 Å². The van der Waals surface area contributed by atoms with Gasteiger partial charge in [-0.3, -0.25) is 14.5 Å². The van der Waals surface area contributed by atoms with E-state index in [-0.39, 0.29) is 18.4 Å². The fourth-order valence-corrected chi connectivity index (χ4v) is 4.65. The van der Waals surface area contributed by atoms with Gasteiger partial charge in [0, 0.05) is 18.1 Å². The quantitative estimate of drug-likeness (QED) is 0.482. The monoisotopic (exact) mass is 474 g/mol. The number of morpholine rings is 1. The highest BCUT2D eigenvalue weighted by Crippen LogP contribution is 2.36. The number of benzene rings is 2. The van der Waals surface area contributed by atoms with Gasteiger partial charge in [0.25, 0.3) is 11.8 Å². The zero-order valence-corrected chi connectivity index (χ0v) is 18.8.